The molecule has 0 radical (unpaired) electrons. The van der Waals surface area contributed by atoms with E-state index in [4.69, 9.17) is 0 Å². The van der Waals surface area contributed by atoms with Crippen molar-refractivity contribution in [2.24, 2.45) is 0 Å². The quantitative estimate of drug-likeness (QED) is 0.390. The molecule has 0 spiro atoms. The Kier molecular flexibility index (Phi) is 7.17. The molecule has 158 valence electrons. The molecule has 1 saturated carbocycles. The Bertz CT molecular complexity index is 963. The lowest BCUT2D eigenvalue weighted by Crippen LogP contribution is -2.26. The van der Waals surface area contributed by atoms with Gasteiger partial charge in [0.05, 0.1) is 12.1 Å². The summed E-state index contributed by atoms with van der Waals surface area (Å²) in [5.74, 6) is 1.06. The third-order valence-corrected chi connectivity index (χ3v) is 7.00. The summed E-state index contributed by atoms with van der Waals surface area (Å²) in [5.41, 5.74) is 1.91. The molecule has 1 aromatic carbocycles. The number of carbonyl (C=O) groups excluding carboxylic acids is 1. The van der Waals surface area contributed by atoms with Crippen molar-refractivity contribution in [1.29, 1.82) is 0 Å². The van der Waals surface area contributed by atoms with Gasteiger partial charge in [-0.3, -0.25) is 4.79 Å². The number of nitrogens with zero attached hydrogens (tertiary/aromatic N) is 4. The number of benzene rings is 1. The van der Waals surface area contributed by atoms with Gasteiger partial charge < -0.3 is 9.88 Å². The van der Waals surface area contributed by atoms with Crippen LogP contribution in [0.5, 0.6) is 0 Å². The van der Waals surface area contributed by atoms with Crippen molar-refractivity contribution in [3.05, 3.63) is 47.2 Å². The Hall–Kier alpha value is -2.19. The molecule has 1 fully saturated rings. The molecule has 1 aliphatic carbocycles. The Balaban J connectivity index is 1.25. The molecule has 8 heteroatoms. The molecule has 2 aromatic heterocycles. The van der Waals surface area contributed by atoms with Gasteiger partial charge in [0.15, 0.2) is 5.16 Å². The van der Waals surface area contributed by atoms with Crippen LogP contribution in [-0.4, -0.2) is 38.5 Å². The first kappa shape index (κ1) is 21.1. The second-order valence-electron chi connectivity index (χ2n) is 7.55. The van der Waals surface area contributed by atoms with E-state index in [1.54, 1.807) is 23.1 Å². The number of aromatic nitrogens is 4. The van der Waals surface area contributed by atoms with Crippen LogP contribution in [0.3, 0.4) is 0 Å². The Morgan fingerprint density at radius 2 is 2.03 bits per heavy atom. The predicted molar refractivity (Wildman–Crippen MR) is 122 cm³/mol. The van der Waals surface area contributed by atoms with E-state index in [0.29, 0.717) is 19.0 Å². The summed E-state index contributed by atoms with van der Waals surface area (Å²) in [6.07, 6.45) is 9.07. The molecule has 1 amide bonds. The highest BCUT2D eigenvalue weighted by molar-refractivity contribution is 7.98. The van der Waals surface area contributed by atoms with Gasteiger partial charge in [0.2, 0.25) is 5.91 Å². The van der Waals surface area contributed by atoms with Crippen LogP contribution in [0, 0.1) is 0 Å². The number of nitrogens with one attached hydrogen (secondary N) is 1. The van der Waals surface area contributed by atoms with Crippen molar-refractivity contribution >= 4 is 29.0 Å². The second kappa shape index (κ2) is 10.2. The summed E-state index contributed by atoms with van der Waals surface area (Å²) in [5, 5.41) is 15.7. The first-order chi connectivity index (χ1) is 14.7. The zero-order valence-corrected chi connectivity index (χ0v) is 18.8. The van der Waals surface area contributed by atoms with Crippen molar-refractivity contribution < 1.29 is 4.79 Å². The number of aryl methyl sites for hydroxylation is 1. The summed E-state index contributed by atoms with van der Waals surface area (Å²) < 4.78 is 2.33. The first-order valence-electron chi connectivity index (χ1n) is 10.5. The van der Waals surface area contributed by atoms with Gasteiger partial charge in [-0.1, -0.05) is 54.9 Å². The number of hydrogen-bond donors (Lipinski definition) is 1. The standard InChI is InChI=1S/C22H27N5OS2/c1-29-22-26-25-19(27(22)18-10-5-6-11-18)12-7-13-23-20(28)14-17-15-30-21(24-17)16-8-3-2-4-9-16/h2-4,8-9,15,18H,5-7,10-14H2,1H3,(H,23,28). The highest BCUT2D eigenvalue weighted by Crippen LogP contribution is 2.33. The lowest BCUT2D eigenvalue weighted by Gasteiger charge is -2.16. The van der Waals surface area contributed by atoms with Crippen LogP contribution in [-0.2, 0) is 17.6 Å². The van der Waals surface area contributed by atoms with Crippen LogP contribution in [0.1, 0.15) is 49.7 Å². The van der Waals surface area contributed by atoms with E-state index in [1.807, 2.05) is 35.7 Å². The van der Waals surface area contributed by atoms with E-state index in [0.717, 1.165) is 40.1 Å². The molecule has 0 bridgehead atoms. The molecule has 0 saturated heterocycles. The molecule has 0 aliphatic heterocycles. The average Bonchev–Trinajstić information content (AvgIpc) is 3.52. The molecule has 1 aliphatic rings. The molecule has 0 unspecified atom stereocenters. The molecule has 2 heterocycles. The third-order valence-electron chi connectivity index (χ3n) is 5.42. The summed E-state index contributed by atoms with van der Waals surface area (Å²) >= 11 is 3.24. The topological polar surface area (TPSA) is 72.7 Å². The minimum Gasteiger partial charge on any atom is -0.356 e. The maximum Gasteiger partial charge on any atom is 0.226 e. The summed E-state index contributed by atoms with van der Waals surface area (Å²) in [6, 6.07) is 10.6. The van der Waals surface area contributed by atoms with Crippen LogP contribution < -0.4 is 5.32 Å². The highest BCUT2D eigenvalue weighted by Gasteiger charge is 2.23. The van der Waals surface area contributed by atoms with Crippen molar-refractivity contribution in [1.82, 2.24) is 25.1 Å². The SMILES string of the molecule is CSc1nnc(CCCNC(=O)Cc2csc(-c3ccccc3)n2)n1C1CCCC1. The fourth-order valence-corrected chi connectivity index (χ4v) is 5.35. The summed E-state index contributed by atoms with van der Waals surface area (Å²) in [6.45, 7) is 0.640. The van der Waals surface area contributed by atoms with Crippen molar-refractivity contribution in [2.75, 3.05) is 12.8 Å². The van der Waals surface area contributed by atoms with Crippen molar-refractivity contribution in [3.8, 4) is 10.6 Å². The van der Waals surface area contributed by atoms with E-state index < -0.39 is 0 Å². The molecule has 0 atom stereocenters. The van der Waals surface area contributed by atoms with E-state index in [-0.39, 0.29) is 5.91 Å². The number of thioether (sulfide) groups is 1. The van der Waals surface area contributed by atoms with Gasteiger partial charge in [-0.15, -0.1) is 21.5 Å². The molecular weight excluding hydrogens is 414 g/mol. The van der Waals surface area contributed by atoms with Crippen LogP contribution in [0.2, 0.25) is 0 Å². The fourth-order valence-electron chi connectivity index (χ4n) is 3.95. The van der Waals surface area contributed by atoms with Gasteiger partial charge in [-0.25, -0.2) is 4.98 Å². The van der Waals surface area contributed by atoms with E-state index in [9.17, 15) is 4.79 Å². The first-order valence-corrected chi connectivity index (χ1v) is 12.6. The minimum absolute atomic E-state index is 0.0157. The third kappa shape index (κ3) is 5.10. The number of amides is 1. The van der Waals surface area contributed by atoms with Gasteiger partial charge in [-0.2, -0.15) is 0 Å². The van der Waals surface area contributed by atoms with Gasteiger partial charge in [-0.05, 0) is 25.5 Å². The highest BCUT2D eigenvalue weighted by atomic mass is 32.2. The number of thiazole rings is 1. The molecule has 4 rings (SSSR count). The Morgan fingerprint density at radius 3 is 2.80 bits per heavy atom. The Labute approximate surface area is 185 Å². The minimum atomic E-state index is 0.0157. The van der Waals surface area contributed by atoms with E-state index in [1.165, 1.54) is 25.7 Å². The van der Waals surface area contributed by atoms with Gasteiger partial charge in [0, 0.05) is 30.0 Å². The van der Waals surface area contributed by atoms with Crippen molar-refractivity contribution in [3.63, 3.8) is 0 Å². The fraction of sp³-hybridized carbons (Fsp3) is 0.455. The number of hydrogen-bond acceptors (Lipinski definition) is 6. The molecule has 3 aromatic rings. The maximum atomic E-state index is 12.3. The number of rotatable bonds is 9. The lowest BCUT2D eigenvalue weighted by molar-refractivity contribution is -0.120. The van der Waals surface area contributed by atoms with Gasteiger partial charge in [0.25, 0.3) is 0 Å². The average molecular weight is 442 g/mol. The smallest absolute Gasteiger partial charge is 0.226 e. The molecule has 1 N–H and O–H groups in total. The molecular formula is C22H27N5OS2. The van der Waals surface area contributed by atoms with Gasteiger partial charge >= 0.3 is 0 Å². The van der Waals surface area contributed by atoms with E-state index >= 15 is 0 Å². The normalized spacial score (nSPS) is 14.3. The number of carbonyl (C=O) groups is 1. The second-order valence-corrected chi connectivity index (χ2v) is 9.18. The summed E-state index contributed by atoms with van der Waals surface area (Å²) in [7, 11) is 0. The predicted octanol–water partition coefficient (Wildman–Crippen LogP) is 4.53. The zero-order valence-electron chi connectivity index (χ0n) is 17.2. The van der Waals surface area contributed by atoms with Crippen molar-refractivity contribution in [2.45, 2.75) is 56.1 Å². The zero-order chi connectivity index (χ0) is 20.8. The van der Waals surface area contributed by atoms with E-state index in [2.05, 4.69) is 31.3 Å². The largest absolute Gasteiger partial charge is 0.356 e. The molecule has 6 nitrogen and oxygen atoms in total. The molecule has 30 heavy (non-hydrogen) atoms. The van der Waals surface area contributed by atoms with Crippen LogP contribution in [0.15, 0.2) is 40.9 Å². The lowest BCUT2D eigenvalue weighted by atomic mass is 10.2. The summed E-state index contributed by atoms with van der Waals surface area (Å²) in [4.78, 5) is 16.9. The van der Waals surface area contributed by atoms with Crippen LogP contribution in [0.25, 0.3) is 10.6 Å². The van der Waals surface area contributed by atoms with Crippen LogP contribution >= 0.6 is 23.1 Å². The maximum absolute atomic E-state index is 12.3. The van der Waals surface area contributed by atoms with Gasteiger partial charge in [0.1, 0.15) is 10.8 Å². The Morgan fingerprint density at radius 1 is 1.23 bits per heavy atom. The monoisotopic (exact) mass is 441 g/mol. The van der Waals surface area contributed by atoms with Crippen LogP contribution in [0.4, 0.5) is 0 Å².